The van der Waals surface area contributed by atoms with Gasteiger partial charge in [-0.3, -0.25) is 10.2 Å². The molecular weight excluding hydrogens is 344 g/mol. The standard InChI is InChI=1S/C20H24N4OS/c1-20(2)10-16-18(17(25)11-20)14(22-23-19(21)26)9-15-13-6-4-3-5-12(13)7-8-24(15)16/h3-6,15H,7-11H2,1-2H3,(H3,21,23,26)/t15-/m0/s1. The molecule has 6 heteroatoms. The number of carbonyl (C=O) groups excluding carboxylic acids is 1. The van der Waals surface area contributed by atoms with E-state index in [0.29, 0.717) is 12.8 Å². The number of rotatable bonds is 1. The van der Waals surface area contributed by atoms with Gasteiger partial charge in [-0.2, -0.15) is 5.10 Å². The van der Waals surface area contributed by atoms with Crippen molar-refractivity contribution < 1.29 is 4.79 Å². The number of hydrazone groups is 1. The number of hydrogen-bond acceptors (Lipinski definition) is 4. The minimum Gasteiger partial charge on any atom is -0.375 e. The first kappa shape index (κ1) is 17.2. The Morgan fingerprint density at radius 1 is 1.35 bits per heavy atom. The predicted octanol–water partition coefficient (Wildman–Crippen LogP) is 2.82. The lowest BCUT2D eigenvalue weighted by Crippen LogP contribution is -2.46. The Kier molecular flexibility index (Phi) is 4.10. The van der Waals surface area contributed by atoms with Crippen LogP contribution in [0.15, 0.2) is 40.6 Å². The van der Waals surface area contributed by atoms with Gasteiger partial charge in [0.1, 0.15) is 0 Å². The number of nitrogens with one attached hydrogen (secondary N) is 1. The molecule has 1 aliphatic carbocycles. The van der Waals surface area contributed by atoms with Crippen molar-refractivity contribution in [2.24, 2.45) is 16.3 Å². The van der Waals surface area contributed by atoms with Crippen LogP contribution in [-0.4, -0.2) is 28.1 Å². The van der Waals surface area contributed by atoms with Crippen molar-refractivity contribution in [1.29, 1.82) is 0 Å². The molecule has 4 rings (SSSR count). The summed E-state index contributed by atoms with van der Waals surface area (Å²) in [5.74, 6) is 0.178. The Labute approximate surface area is 159 Å². The molecule has 1 aromatic rings. The zero-order chi connectivity index (χ0) is 18.5. The van der Waals surface area contributed by atoms with Crippen molar-refractivity contribution in [1.82, 2.24) is 10.3 Å². The average Bonchev–Trinajstić information content (AvgIpc) is 2.58. The summed E-state index contributed by atoms with van der Waals surface area (Å²) in [5, 5.41) is 4.54. The van der Waals surface area contributed by atoms with E-state index in [4.69, 9.17) is 18.0 Å². The summed E-state index contributed by atoms with van der Waals surface area (Å²) >= 11 is 4.90. The number of ketones is 1. The minimum absolute atomic E-state index is 0.0313. The SMILES string of the molecule is CC1(C)CC(=O)C2=C(C1)N1CCc3ccccc3[C@@H]1CC2=NNC(N)=S. The number of hydrogen-bond donors (Lipinski definition) is 2. The van der Waals surface area contributed by atoms with Gasteiger partial charge in [-0.05, 0) is 41.6 Å². The first-order chi connectivity index (χ1) is 12.4. The van der Waals surface area contributed by atoms with Crippen molar-refractivity contribution in [3.05, 3.63) is 46.7 Å². The van der Waals surface area contributed by atoms with Crippen LogP contribution >= 0.6 is 12.2 Å². The normalized spacial score (nSPS) is 25.5. The van der Waals surface area contributed by atoms with Gasteiger partial charge >= 0.3 is 0 Å². The molecule has 0 amide bonds. The Hall–Kier alpha value is -2.21. The summed E-state index contributed by atoms with van der Waals surface area (Å²) in [7, 11) is 0. The van der Waals surface area contributed by atoms with Crippen molar-refractivity contribution in [2.45, 2.75) is 45.6 Å². The van der Waals surface area contributed by atoms with E-state index >= 15 is 0 Å². The summed E-state index contributed by atoms with van der Waals surface area (Å²) in [6.07, 6.45) is 3.14. The maximum absolute atomic E-state index is 13.0. The average molecular weight is 369 g/mol. The fourth-order valence-electron chi connectivity index (χ4n) is 4.56. The molecule has 0 unspecified atom stereocenters. The van der Waals surface area contributed by atoms with E-state index in [1.54, 1.807) is 0 Å². The van der Waals surface area contributed by atoms with Crippen molar-refractivity contribution in [3.63, 3.8) is 0 Å². The number of nitrogens with two attached hydrogens (primary N) is 1. The Morgan fingerprint density at radius 3 is 2.88 bits per heavy atom. The molecule has 0 radical (unpaired) electrons. The highest BCUT2D eigenvalue weighted by atomic mass is 32.1. The highest BCUT2D eigenvalue weighted by molar-refractivity contribution is 7.80. The summed E-state index contributed by atoms with van der Waals surface area (Å²) in [4.78, 5) is 15.4. The van der Waals surface area contributed by atoms with Gasteiger partial charge in [0, 0.05) is 25.1 Å². The molecule has 0 saturated heterocycles. The van der Waals surface area contributed by atoms with Gasteiger partial charge in [0.15, 0.2) is 10.9 Å². The first-order valence-electron chi connectivity index (χ1n) is 9.09. The highest BCUT2D eigenvalue weighted by Crippen LogP contribution is 2.47. The minimum atomic E-state index is -0.0313. The molecule has 0 spiro atoms. The van der Waals surface area contributed by atoms with Gasteiger partial charge in [-0.1, -0.05) is 38.1 Å². The van der Waals surface area contributed by atoms with Gasteiger partial charge in [0.25, 0.3) is 0 Å². The number of nitrogens with zero attached hydrogens (tertiary/aromatic N) is 2. The molecule has 1 aromatic carbocycles. The van der Waals surface area contributed by atoms with Crippen LogP contribution in [0.25, 0.3) is 0 Å². The molecule has 0 bridgehead atoms. The third-order valence-corrected chi connectivity index (χ3v) is 5.68. The van der Waals surface area contributed by atoms with E-state index in [1.807, 2.05) is 0 Å². The number of fused-ring (bicyclic) bond motifs is 4. The second kappa shape index (κ2) is 6.20. The molecule has 0 aromatic heterocycles. The second-order valence-electron chi connectivity index (χ2n) is 8.16. The van der Waals surface area contributed by atoms with E-state index in [1.165, 1.54) is 11.1 Å². The fourth-order valence-corrected chi connectivity index (χ4v) is 4.61. The monoisotopic (exact) mass is 368 g/mol. The summed E-state index contributed by atoms with van der Waals surface area (Å²) in [5.41, 5.74) is 13.7. The summed E-state index contributed by atoms with van der Waals surface area (Å²) in [6, 6.07) is 8.81. The van der Waals surface area contributed by atoms with Crippen molar-refractivity contribution in [3.8, 4) is 0 Å². The van der Waals surface area contributed by atoms with E-state index in [9.17, 15) is 4.79 Å². The zero-order valence-corrected chi connectivity index (χ0v) is 16.0. The van der Waals surface area contributed by atoms with Crippen LogP contribution in [0.1, 0.15) is 50.3 Å². The van der Waals surface area contributed by atoms with Crippen LogP contribution in [0.4, 0.5) is 0 Å². The molecule has 26 heavy (non-hydrogen) atoms. The van der Waals surface area contributed by atoms with Gasteiger partial charge in [0.05, 0.1) is 17.3 Å². The van der Waals surface area contributed by atoms with Crippen molar-refractivity contribution in [2.75, 3.05) is 6.54 Å². The second-order valence-corrected chi connectivity index (χ2v) is 8.60. The smallest absolute Gasteiger partial charge is 0.184 e. The van der Waals surface area contributed by atoms with E-state index in [-0.39, 0.29) is 22.4 Å². The summed E-state index contributed by atoms with van der Waals surface area (Å²) in [6.45, 7) is 5.28. The van der Waals surface area contributed by atoms with Crippen molar-refractivity contribution >= 4 is 28.8 Å². The van der Waals surface area contributed by atoms with Gasteiger partial charge in [-0.15, -0.1) is 0 Å². The first-order valence-corrected chi connectivity index (χ1v) is 9.50. The largest absolute Gasteiger partial charge is 0.375 e. The number of allylic oxidation sites excluding steroid dienone is 2. The maximum atomic E-state index is 13.0. The lowest BCUT2D eigenvalue weighted by Gasteiger charge is -2.48. The van der Waals surface area contributed by atoms with Crippen LogP contribution in [0.3, 0.4) is 0 Å². The maximum Gasteiger partial charge on any atom is 0.184 e. The molecule has 0 fully saturated rings. The molecule has 0 saturated carbocycles. The Morgan fingerprint density at radius 2 is 2.12 bits per heavy atom. The van der Waals surface area contributed by atoms with E-state index < -0.39 is 0 Å². The Balaban J connectivity index is 1.84. The molecule has 3 N–H and O–H groups in total. The van der Waals surface area contributed by atoms with Crippen LogP contribution < -0.4 is 11.2 Å². The number of Topliss-reactive ketones (excluding diaryl/α,β-unsaturated/α-hetero) is 1. The molecular formula is C20H24N4OS. The highest BCUT2D eigenvalue weighted by Gasteiger charge is 2.44. The number of carbonyl (C=O) groups is 1. The van der Waals surface area contributed by atoms with Crippen LogP contribution in [0.5, 0.6) is 0 Å². The fraction of sp³-hybridized carbons (Fsp3) is 0.450. The number of thiocarbonyl (C=S) groups is 1. The lowest BCUT2D eigenvalue weighted by molar-refractivity contribution is -0.118. The van der Waals surface area contributed by atoms with Crippen LogP contribution in [0, 0.1) is 5.41 Å². The molecule has 3 aliphatic rings. The molecule has 1 atom stereocenters. The third kappa shape index (κ3) is 2.92. The van der Waals surface area contributed by atoms with Crippen LogP contribution in [-0.2, 0) is 11.2 Å². The molecule has 2 aliphatic heterocycles. The summed E-state index contributed by atoms with van der Waals surface area (Å²) < 4.78 is 0. The van der Waals surface area contributed by atoms with Gasteiger partial charge < -0.3 is 10.6 Å². The predicted molar refractivity (Wildman–Crippen MR) is 107 cm³/mol. The van der Waals surface area contributed by atoms with E-state index in [0.717, 1.165) is 36.4 Å². The quantitative estimate of drug-likeness (QED) is 0.589. The molecule has 5 nitrogen and oxygen atoms in total. The Bertz CT molecular complexity index is 855. The van der Waals surface area contributed by atoms with Gasteiger partial charge in [-0.25, -0.2) is 0 Å². The zero-order valence-electron chi connectivity index (χ0n) is 15.2. The molecule has 2 heterocycles. The molecule has 136 valence electrons. The van der Waals surface area contributed by atoms with Gasteiger partial charge in [0.2, 0.25) is 0 Å². The van der Waals surface area contributed by atoms with E-state index in [2.05, 4.69) is 53.5 Å². The third-order valence-electron chi connectivity index (χ3n) is 5.59. The van der Waals surface area contributed by atoms with Crippen LogP contribution in [0.2, 0.25) is 0 Å². The lowest BCUT2D eigenvalue weighted by atomic mass is 9.71. The number of benzene rings is 1. The topological polar surface area (TPSA) is 70.7 Å².